The van der Waals surface area contributed by atoms with Crippen LogP contribution < -0.4 is 11.1 Å². The molecule has 0 bridgehead atoms. The minimum absolute atomic E-state index is 0.0346. The SMILES string of the molecule is CC(C)(CCO)CNC(=O)CCCN. The average Bonchev–Trinajstić information content (AvgIpc) is 2.11. The van der Waals surface area contributed by atoms with Crippen LogP contribution in [0.5, 0.6) is 0 Å². The summed E-state index contributed by atoms with van der Waals surface area (Å²) < 4.78 is 0. The van der Waals surface area contributed by atoms with Crippen molar-refractivity contribution in [2.45, 2.75) is 33.1 Å². The van der Waals surface area contributed by atoms with Crippen LogP contribution in [0.3, 0.4) is 0 Å². The summed E-state index contributed by atoms with van der Waals surface area (Å²) in [7, 11) is 0. The molecule has 0 heterocycles. The number of aliphatic hydroxyl groups is 1. The monoisotopic (exact) mass is 202 g/mol. The molecule has 0 aliphatic rings. The molecule has 0 aliphatic carbocycles. The first-order chi connectivity index (χ1) is 6.52. The Balaban J connectivity index is 3.64. The van der Waals surface area contributed by atoms with Crippen LogP contribution in [0.15, 0.2) is 0 Å². The van der Waals surface area contributed by atoms with Gasteiger partial charge in [-0.1, -0.05) is 13.8 Å². The molecule has 0 aromatic heterocycles. The zero-order chi connectivity index (χ0) is 11.0. The summed E-state index contributed by atoms with van der Waals surface area (Å²) in [5, 5.41) is 11.6. The molecule has 4 nitrogen and oxygen atoms in total. The summed E-state index contributed by atoms with van der Waals surface area (Å²) >= 11 is 0. The summed E-state index contributed by atoms with van der Waals surface area (Å²) in [5.74, 6) is 0.0430. The first-order valence-electron chi connectivity index (χ1n) is 5.09. The second-order valence-electron chi connectivity index (χ2n) is 4.31. The van der Waals surface area contributed by atoms with E-state index < -0.39 is 0 Å². The third kappa shape index (κ3) is 6.86. The Morgan fingerprint density at radius 2 is 2.14 bits per heavy atom. The van der Waals surface area contributed by atoms with Crippen LogP contribution in [0, 0.1) is 5.41 Å². The zero-order valence-corrected chi connectivity index (χ0v) is 9.18. The second kappa shape index (κ2) is 6.79. The Labute approximate surface area is 85.9 Å². The summed E-state index contributed by atoms with van der Waals surface area (Å²) in [4.78, 5) is 11.2. The average molecular weight is 202 g/mol. The Morgan fingerprint density at radius 1 is 1.50 bits per heavy atom. The Kier molecular flexibility index (Phi) is 6.49. The Bertz CT molecular complexity index is 170. The van der Waals surface area contributed by atoms with E-state index in [0.29, 0.717) is 25.9 Å². The number of amides is 1. The lowest BCUT2D eigenvalue weighted by Gasteiger charge is -2.23. The smallest absolute Gasteiger partial charge is 0.220 e. The van der Waals surface area contributed by atoms with Crippen molar-refractivity contribution in [3.05, 3.63) is 0 Å². The highest BCUT2D eigenvalue weighted by Gasteiger charge is 2.17. The largest absolute Gasteiger partial charge is 0.396 e. The Hall–Kier alpha value is -0.610. The summed E-state index contributed by atoms with van der Waals surface area (Å²) in [6, 6.07) is 0. The molecule has 0 saturated heterocycles. The maximum absolute atomic E-state index is 11.2. The van der Waals surface area contributed by atoms with Crippen LogP contribution >= 0.6 is 0 Å². The minimum Gasteiger partial charge on any atom is -0.396 e. The summed E-state index contributed by atoms with van der Waals surface area (Å²) in [5.41, 5.74) is 5.26. The molecular formula is C10H22N2O2. The molecule has 4 heteroatoms. The van der Waals surface area contributed by atoms with Gasteiger partial charge in [0.15, 0.2) is 0 Å². The number of hydrogen-bond donors (Lipinski definition) is 3. The lowest BCUT2D eigenvalue weighted by atomic mass is 9.90. The van der Waals surface area contributed by atoms with Crippen molar-refractivity contribution < 1.29 is 9.90 Å². The van der Waals surface area contributed by atoms with Crippen LogP contribution in [0.4, 0.5) is 0 Å². The fraction of sp³-hybridized carbons (Fsp3) is 0.900. The van der Waals surface area contributed by atoms with Gasteiger partial charge in [0.1, 0.15) is 0 Å². The van der Waals surface area contributed by atoms with Crippen molar-refractivity contribution in [1.82, 2.24) is 5.32 Å². The standard InChI is InChI=1S/C10H22N2O2/c1-10(2,5-7-13)8-12-9(14)4-3-6-11/h13H,3-8,11H2,1-2H3,(H,12,14). The number of nitrogens with one attached hydrogen (secondary N) is 1. The second-order valence-corrected chi connectivity index (χ2v) is 4.31. The fourth-order valence-electron chi connectivity index (χ4n) is 1.08. The number of aliphatic hydroxyl groups excluding tert-OH is 1. The number of nitrogens with two attached hydrogens (primary N) is 1. The van der Waals surface area contributed by atoms with Crippen molar-refractivity contribution in [2.75, 3.05) is 19.7 Å². The minimum atomic E-state index is -0.0346. The lowest BCUT2D eigenvalue weighted by molar-refractivity contribution is -0.121. The van der Waals surface area contributed by atoms with Crippen molar-refractivity contribution in [1.29, 1.82) is 0 Å². The zero-order valence-electron chi connectivity index (χ0n) is 9.18. The summed E-state index contributed by atoms with van der Waals surface area (Å²) in [6.07, 6.45) is 1.92. The molecule has 84 valence electrons. The third-order valence-electron chi connectivity index (χ3n) is 2.16. The molecule has 0 rings (SSSR count). The van der Waals surface area contributed by atoms with Crippen molar-refractivity contribution in [3.8, 4) is 0 Å². The molecule has 0 aromatic rings. The molecule has 0 aliphatic heterocycles. The van der Waals surface area contributed by atoms with Gasteiger partial charge in [0.2, 0.25) is 5.91 Å². The number of carbonyl (C=O) groups is 1. The van der Waals surface area contributed by atoms with E-state index in [4.69, 9.17) is 10.8 Å². The molecular weight excluding hydrogens is 180 g/mol. The van der Waals surface area contributed by atoms with Gasteiger partial charge in [-0.05, 0) is 24.8 Å². The van der Waals surface area contributed by atoms with Crippen molar-refractivity contribution >= 4 is 5.91 Å². The first kappa shape index (κ1) is 13.4. The molecule has 0 fully saturated rings. The van der Waals surface area contributed by atoms with Gasteiger partial charge < -0.3 is 16.2 Å². The number of rotatable bonds is 7. The van der Waals surface area contributed by atoms with Crippen LogP contribution in [-0.2, 0) is 4.79 Å². The van der Waals surface area contributed by atoms with Gasteiger partial charge in [-0.15, -0.1) is 0 Å². The molecule has 1 amide bonds. The van der Waals surface area contributed by atoms with E-state index in [-0.39, 0.29) is 17.9 Å². The molecule has 0 saturated carbocycles. The van der Waals surface area contributed by atoms with Crippen molar-refractivity contribution in [2.24, 2.45) is 11.1 Å². The molecule has 4 N–H and O–H groups in total. The van der Waals surface area contributed by atoms with Gasteiger partial charge in [-0.2, -0.15) is 0 Å². The van der Waals surface area contributed by atoms with Crippen LogP contribution in [0.25, 0.3) is 0 Å². The first-order valence-corrected chi connectivity index (χ1v) is 5.09. The lowest BCUT2D eigenvalue weighted by Crippen LogP contribution is -2.34. The van der Waals surface area contributed by atoms with Gasteiger partial charge in [0.05, 0.1) is 0 Å². The molecule has 14 heavy (non-hydrogen) atoms. The van der Waals surface area contributed by atoms with E-state index in [2.05, 4.69) is 5.32 Å². The molecule has 0 aromatic carbocycles. The van der Waals surface area contributed by atoms with Gasteiger partial charge in [0.25, 0.3) is 0 Å². The summed E-state index contributed by atoms with van der Waals surface area (Å²) in [6.45, 7) is 5.36. The van der Waals surface area contributed by atoms with Gasteiger partial charge in [-0.3, -0.25) is 4.79 Å². The normalized spacial score (nSPS) is 11.4. The molecule has 0 unspecified atom stereocenters. The van der Waals surface area contributed by atoms with Gasteiger partial charge >= 0.3 is 0 Å². The van der Waals surface area contributed by atoms with Crippen LogP contribution in [0.2, 0.25) is 0 Å². The Morgan fingerprint density at radius 3 is 2.64 bits per heavy atom. The molecule has 0 spiro atoms. The third-order valence-corrected chi connectivity index (χ3v) is 2.16. The van der Waals surface area contributed by atoms with Crippen molar-refractivity contribution in [3.63, 3.8) is 0 Å². The van der Waals surface area contributed by atoms with E-state index in [0.717, 1.165) is 6.42 Å². The van der Waals surface area contributed by atoms with E-state index in [1.165, 1.54) is 0 Å². The predicted octanol–water partition coefficient (Wildman–Crippen LogP) is 0.250. The number of carbonyl (C=O) groups excluding carboxylic acids is 1. The van der Waals surface area contributed by atoms with Gasteiger partial charge in [0, 0.05) is 19.6 Å². The number of hydrogen-bond acceptors (Lipinski definition) is 3. The van der Waals surface area contributed by atoms with Crippen LogP contribution in [0.1, 0.15) is 33.1 Å². The van der Waals surface area contributed by atoms with E-state index in [1.807, 2.05) is 13.8 Å². The highest BCUT2D eigenvalue weighted by Crippen LogP contribution is 2.17. The van der Waals surface area contributed by atoms with E-state index in [9.17, 15) is 4.79 Å². The fourth-order valence-corrected chi connectivity index (χ4v) is 1.08. The van der Waals surface area contributed by atoms with E-state index in [1.54, 1.807) is 0 Å². The molecule has 0 atom stereocenters. The highest BCUT2D eigenvalue weighted by atomic mass is 16.3. The maximum Gasteiger partial charge on any atom is 0.220 e. The highest BCUT2D eigenvalue weighted by molar-refractivity contribution is 5.75. The maximum atomic E-state index is 11.2. The molecule has 0 radical (unpaired) electrons. The van der Waals surface area contributed by atoms with Crippen LogP contribution in [-0.4, -0.2) is 30.7 Å². The quantitative estimate of drug-likeness (QED) is 0.554. The predicted molar refractivity (Wildman–Crippen MR) is 56.8 cm³/mol. The van der Waals surface area contributed by atoms with E-state index >= 15 is 0 Å². The van der Waals surface area contributed by atoms with Gasteiger partial charge in [-0.25, -0.2) is 0 Å². The topological polar surface area (TPSA) is 75.3 Å².